The van der Waals surface area contributed by atoms with Gasteiger partial charge in [0.05, 0.1) is 6.10 Å². The normalized spacial score (nSPS) is 20.2. The molecule has 2 aromatic carbocycles. The first-order valence-electron chi connectivity index (χ1n) is 7.48. The van der Waals surface area contributed by atoms with E-state index in [1.807, 2.05) is 36.4 Å². The lowest BCUT2D eigenvalue weighted by atomic mass is 9.83. The minimum absolute atomic E-state index is 0. The molecular formula is C18H21ClFNO. The van der Waals surface area contributed by atoms with Crippen LogP contribution in [-0.4, -0.2) is 23.8 Å². The Bertz CT molecular complexity index is 587. The molecule has 0 spiro atoms. The van der Waals surface area contributed by atoms with Crippen LogP contribution in [0.25, 0.3) is 0 Å². The van der Waals surface area contributed by atoms with Gasteiger partial charge in [0.15, 0.2) is 0 Å². The van der Waals surface area contributed by atoms with Crippen LogP contribution in [-0.2, 0) is 0 Å². The van der Waals surface area contributed by atoms with Crippen molar-refractivity contribution in [2.45, 2.75) is 30.9 Å². The van der Waals surface area contributed by atoms with E-state index in [0.717, 1.165) is 24.9 Å². The Kier molecular flexibility index (Phi) is 5.95. The molecule has 0 aromatic heterocycles. The van der Waals surface area contributed by atoms with Gasteiger partial charge in [-0.25, -0.2) is 4.39 Å². The SMILES string of the molecule is Cl.O[C@@H](C1CCCN1)[C@@H](c1ccccc1)c1ccccc1F. The van der Waals surface area contributed by atoms with E-state index in [2.05, 4.69) is 5.32 Å². The molecule has 4 heteroatoms. The molecule has 118 valence electrons. The molecule has 0 radical (unpaired) electrons. The van der Waals surface area contributed by atoms with Crippen molar-refractivity contribution < 1.29 is 9.50 Å². The molecule has 3 rings (SSSR count). The van der Waals surface area contributed by atoms with Crippen molar-refractivity contribution >= 4 is 12.4 Å². The monoisotopic (exact) mass is 321 g/mol. The van der Waals surface area contributed by atoms with Crippen LogP contribution in [0.15, 0.2) is 54.6 Å². The van der Waals surface area contributed by atoms with Gasteiger partial charge in [-0.15, -0.1) is 12.4 Å². The fraction of sp³-hybridized carbons (Fsp3) is 0.333. The number of benzene rings is 2. The van der Waals surface area contributed by atoms with Gasteiger partial charge in [0, 0.05) is 12.0 Å². The third kappa shape index (κ3) is 3.49. The number of aliphatic hydroxyl groups excluding tert-OH is 1. The molecule has 1 aliphatic rings. The maximum atomic E-state index is 14.2. The lowest BCUT2D eigenvalue weighted by Gasteiger charge is -2.28. The molecule has 22 heavy (non-hydrogen) atoms. The van der Waals surface area contributed by atoms with Crippen LogP contribution in [0.5, 0.6) is 0 Å². The van der Waals surface area contributed by atoms with Crippen molar-refractivity contribution in [3.05, 3.63) is 71.5 Å². The smallest absolute Gasteiger partial charge is 0.127 e. The average Bonchev–Trinajstić information content (AvgIpc) is 3.05. The molecule has 3 atom stereocenters. The van der Waals surface area contributed by atoms with Crippen molar-refractivity contribution in [3.63, 3.8) is 0 Å². The molecule has 0 aliphatic carbocycles. The summed E-state index contributed by atoms with van der Waals surface area (Å²) in [5, 5.41) is 14.1. The van der Waals surface area contributed by atoms with E-state index in [0.29, 0.717) is 5.56 Å². The summed E-state index contributed by atoms with van der Waals surface area (Å²) in [6, 6.07) is 16.5. The Morgan fingerprint density at radius 3 is 2.36 bits per heavy atom. The van der Waals surface area contributed by atoms with Crippen LogP contribution < -0.4 is 5.32 Å². The molecule has 0 saturated carbocycles. The quantitative estimate of drug-likeness (QED) is 0.903. The van der Waals surface area contributed by atoms with Crippen LogP contribution in [0.3, 0.4) is 0 Å². The summed E-state index contributed by atoms with van der Waals surface area (Å²) in [6.45, 7) is 0.917. The molecule has 1 fully saturated rings. The number of rotatable bonds is 4. The lowest BCUT2D eigenvalue weighted by Crippen LogP contribution is -2.39. The second-order valence-electron chi connectivity index (χ2n) is 5.60. The van der Waals surface area contributed by atoms with E-state index in [9.17, 15) is 9.50 Å². The fourth-order valence-corrected chi connectivity index (χ4v) is 3.18. The van der Waals surface area contributed by atoms with Crippen molar-refractivity contribution in [2.75, 3.05) is 6.54 Å². The third-order valence-electron chi connectivity index (χ3n) is 4.25. The Morgan fingerprint density at radius 1 is 1.05 bits per heavy atom. The predicted octanol–water partition coefficient (Wildman–Crippen LogP) is 3.49. The predicted molar refractivity (Wildman–Crippen MR) is 89.0 cm³/mol. The summed E-state index contributed by atoms with van der Waals surface area (Å²) in [6.07, 6.45) is 1.35. The number of hydrogen-bond acceptors (Lipinski definition) is 2. The van der Waals surface area contributed by atoms with Crippen LogP contribution in [0.4, 0.5) is 4.39 Å². The highest BCUT2D eigenvalue weighted by Gasteiger charge is 2.33. The zero-order valence-corrected chi connectivity index (χ0v) is 13.1. The minimum Gasteiger partial charge on any atom is -0.391 e. The maximum Gasteiger partial charge on any atom is 0.127 e. The maximum absolute atomic E-state index is 14.2. The first-order valence-corrected chi connectivity index (χ1v) is 7.48. The molecule has 2 nitrogen and oxygen atoms in total. The largest absolute Gasteiger partial charge is 0.391 e. The Hall–Kier alpha value is -1.42. The number of aliphatic hydroxyl groups is 1. The topological polar surface area (TPSA) is 32.3 Å². The zero-order valence-electron chi connectivity index (χ0n) is 12.3. The number of nitrogens with one attached hydrogen (secondary N) is 1. The molecule has 1 aliphatic heterocycles. The van der Waals surface area contributed by atoms with E-state index in [1.165, 1.54) is 6.07 Å². The Balaban J connectivity index is 0.00000176. The molecule has 1 unspecified atom stereocenters. The summed E-state index contributed by atoms with van der Waals surface area (Å²) >= 11 is 0. The van der Waals surface area contributed by atoms with Crippen LogP contribution in [0, 0.1) is 5.82 Å². The van der Waals surface area contributed by atoms with E-state index in [4.69, 9.17) is 0 Å². The summed E-state index contributed by atoms with van der Waals surface area (Å²) < 4.78 is 14.2. The number of halogens is 2. The van der Waals surface area contributed by atoms with E-state index in [-0.39, 0.29) is 30.2 Å². The lowest BCUT2D eigenvalue weighted by molar-refractivity contribution is 0.118. The van der Waals surface area contributed by atoms with Gasteiger partial charge in [0.25, 0.3) is 0 Å². The van der Waals surface area contributed by atoms with Gasteiger partial charge in [-0.05, 0) is 36.6 Å². The van der Waals surface area contributed by atoms with Gasteiger partial charge in [-0.1, -0.05) is 48.5 Å². The van der Waals surface area contributed by atoms with Gasteiger partial charge < -0.3 is 10.4 Å². The summed E-state index contributed by atoms with van der Waals surface area (Å²) in [4.78, 5) is 0. The van der Waals surface area contributed by atoms with Gasteiger partial charge >= 0.3 is 0 Å². The molecule has 1 heterocycles. The second kappa shape index (κ2) is 7.73. The zero-order chi connectivity index (χ0) is 14.7. The first kappa shape index (κ1) is 16.9. The van der Waals surface area contributed by atoms with Gasteiger partial charge in [0.2, 0.25) is 0 Å². The van der Waals surface area contributed by atoms with E-state index >= 15 is 0 Å². The fourth-order valence-electron chi connectivity index (χ4n) is 3.18. The van der Waals surface area contributed by atoms with Gasteiger partial charge in [-0.3, -0.25) is 0 Å². The summed E-state index contributed by atoms with van der Waals surface area (Å²) in [7, 11) is 0. The summed E-state index contributed by atoms with van der Waals surface area (Å²) in [5.74, 6) is -0.605. The highest BCUT2D eigenvalue weighted by molar-refractivity contribution is 5.85. The van der Waals surface area contributed by atoms with Crippen molar-refractivity contribution in [3.8, 4) is 0 Å². The van der Waals surface area contributed by atoms with Crippen molar-refractivity contribution in [1.82, 2.24) is 5.32 Å². The molecule has 0 amide bonds. The second-order valence-corrected chi connectivity index (χ2v) is 5.60. The minimum atomic E-state index is -0.633. The third-order valence-corrected chi connectivity index (χ3v) is 4.25. The van der Waals surface area contributed by atoms with Gasteiger partial charge in [0.1, 0.15) is 5.82 Å². The standard InChI is InChI=1S/C18H20FNO.ClH/c19-15-10-5-4-9-14(15)17(13-7-2-1-3-8-13)18(21)16-11-6-12-20-16;/h1-5,7-10,16-18,20-21H,6,11-12H2;1H/t16?,17-,18-;/m0./s1. The van der Waals surface area contributed by atoms with Crippen molar-refractivity contribution in [1.29, 1.82) is 0 Å². The summed E-state index contributed by atoms with van der Waals surface area (Å²) in [5.41, 5.74) is 1.51. The average molecular weight is 322 g/mol. The van der Waals surface area contributed by atoms with Crippen LogP contribution in [0.2, 0.25) is 0 Å². The first-order chi connectivity index (χ1) is 10.3. The van der Waals surface area contributed by atoms with Gasteiger partial charge in [-0.2, -0.15) is 0 Å². The molecule has 1 saturated heterocycles. The van der Waals surface area contributed by atoms with Crippen LogP contribution >= 0.6 is 12.4 Å². The van der Waals surface area contributed by atoms with Crippen LogP contribution in [0.1, 0.15) is 29.9 Å². The Morgan fingerprint density at radius 2 is 1.73 bits per heavy atom. The number of hydrogen-bond donors (Lipinski definition) is 2. The van der Waals surface area contributed by atoms with E-state index < -0.39 is 6.10 Å². The molecule has 0 bridgehead atoms. The highest BCUT2D eigenvalue weighted by Crippen LogP contribution is 2.33. The van der Waals surface area contributed by atoms with Crippen molar-refractivity contribution in [2.24, 2.45) is 0 Å². The highest BCUT2D eigenvalue weighted by atomic mass is 35.5. The molecular weight excluding hydrogens is 301 g/mol. The molecule has 2 aromatic rings. The molecule has 2 N–H and O–H groups in total. The Labute approximate surface area is 136 Å². The van der Waals surface area contributed by atoms with E-state index in [1.54, 1.807) is 12.1 Å².